The molecule has 0 bridgehead atoms. The quantitative estimate of drug-likeness (QED) is 0.852. The van der Waals surface area contributed by atoms with Gasteiger partial charge in [-0.15, -0.1) is 0 Å². The molecule has 2 unspecified atom stereocenters. The molecule has 1 fully saturated rings. The van der Waals surface area contributed by atoms with E-state index in [9.17, 15) is 9.90 Å². The minimum Gasteiger partial charge on any atom is -0.480 e. The number of carboxylic acid groups (broad SMARTS) is 1. The lowest BCUT2D eigenvalue weighted by Crippen LogP contribution is -2.40. The molecule has 96 valence electrons. The molecule has 0 spiro atoms. The molecule has 0 saturated carbocycles. The van der Waals surface area contributed by atoms with Crippen LogP contribution in [-0.2, 0) is 17.6 Å². The molecule has 1 saturated heterocycles. The fraction of sp³-hybridized carbons (Fsp3) is 0.615. The monoisotopic (exact) mass is 247 g/mol. The number of aromatic nitrogens is 2. The van der Waals surface area contributed by atoms with Gasteiger partial charge in [0.2, 0.25) is 0 Å². The molecule has 0 amide bonds. The van der Waals surface area contributed by atoms with Crippen LogP contribution in [0.1, 0.15) is 31.0 Å². The van der Waals surface area contributed by atoms with E-state index in [0.717, 1.165) is 49.3 Å². The van der Waals surface area contributed by atoms with Crippen molar-refractivity contribution in [3.05, 3.63) is 17.6 Å². The van der Waals surface area contributed by atoms with Crippen molar-refractivity contribution >= 4 is 11.8 Å². The van der Waals surface area contributed by atoms with Crippen LogP contribution in [0, 0.1) is 5.92 Å². The zero-order valence-corrected chi connectivity index (χ0v) is 10.5. The molecule has 1 aliphatic heterocycles. The van der Waals surface area contributed by atoms with Crippen molar-refractivity contribution in [1.82, 2.24) is 9.97 Å². The third kappa shape index (κ3) is 1.65. The van der Waals surface area contributed by atoms with Gasteiger partial charge in [-0.05, 0) is 31.6 Å². The second kappa shape index (κ2) is 4.23. The Bertz CT molecular complexity index is 489. The highest BCUT2D eigenvalue weighted by atomic mass is 16.4. The third-order valence-corrected chi connectivity index (χ3v) is 4.08. The van der Waals surface area contributed by atoms with E-state index in [1.165, 1.54) is 0 Å². The van der Waals surface area contributed by atoms with E-state index in [1.807, 2.05) is 11.8 Å². The molecule has 1 aliphatic carbocycles. The highest BCUT2D eigenvalue weighted by molar-refractivity contribution is 5.79. The number of carbonyl (C=O) groups is 1. The average molecular weight is 247 g/mol. The summed E-state index contributed by atoms with van der Waals surface area (Å²) in [5, 5.41) is 9.38. The van der Waals surface area contributed by atoms with Gasteiger partial charge in [-0.25, -0.2) is 14.8 Å². The standard InChI is InChI=1S/C13H17N3O2/c1-8-5-6-16(11(8)13(17)18)12-9-3-2-4-10(9)14-7-15-12/h7-8,11H,2-6H2,1H3,(H,17,18). The normalized spacial score (nSPS) is 26.4. The van der Waals surface area contributed by atoms with E-state index in [1.54, 1.807) is 6.33 Å². The lowest BCUT2D eigenvalue weighted by atomic mass is 10.0. The van der Waals surface area contributed by atoms with Crippen molar-refractivity contribution in [3.8, 4) is 0 Å². The first-order valence-electron chi connectivity index (χ1n) is 6.50. The summed E-state index contributed by atoms with van der Waals surface area (Å²) in [4.78, 5) is 22.0. The first-order chi connectivity index (χ1) is 8.68. The van der Waals surface area contributed by atoms with Crippen molar-refractivity contribution in [2.24, 2.45) is 5.92 Å². The fourth-order valence-corrected chi connectivity index (χ4v) is 3.15. The summed E-state index contributed by atoms with van der Waals surface area (Å²) in [5.74, 6) is 0.286. The van der Waals surface area contributed by atoms with Crippen molar-refractivity contribution in [2.75, 3.05) is 11.4 Å². The van der Waals surface area contributed by atoms with E-state index in [4.69, 9.17) is 0 Å². The van der Waals surface area contributed by atoms with Crippen molar-refractivity contribution in [1.29, 1.82) is 0 Å². The second-order valence-electron chi connectivity index (χ2n) is 5.22. The van der Waals surface area contributed by atoms with Gasteiger partial charge in [0.1, 0.15) is 18.2 Å². The largest absolute Gasteiger partial charge is 0.480 e. The van der Waals surface area contributed by atoms with Crippen LogP contribution in [0.4, 0.5) is 5.82 Å². The van der Waals surface area contributed by atoms with Crippen LogP contribution in [0.5, 0.6) is 0 Å². The maximum Gasteiger partial charge on any atom is 0.326 e. The first kappa shape index (κ1) is 11.4. The Labute approximate surface area is 106 Å². The number of hydrogen-bond acceptors (Lipinski definition) is 4. The third-order valence-electron chi connectivity index (χ3n) is 4.08. The van der Waals surface area contributed by atoms with Gasteiger partial charge in [0, 0.05) is 17.8 Å². The predicted molar refractivity (Wildman–Crippen MR) is 66.6 cm³/mol. The van der Waals surface area contributed by atoms with Crippen LogP contribution < -0.4 is 4.90 Å². The molecule has 1 aromatic heterocycles. The molecule has 0 aromatic carbocycles. The summed E-state index contributed by atoms with van der Waals surface area (Å²) >= 11 is 0. The highest BCUT2D eigenvalue weighted by Gasteiger charge is 2.39. The average Bonchev–Trinajstić information content (AvgIpc) is 2.94. The lowest BCUT2D eigenvalue weighted by molar-refractivity contribution is -0.139. The van der Waals surface area contributed by atoms with Gasteiger partial charge in [-0.1, -0.05) is 6.92 Å². The van der Waals surface area contributed by atoms with E-state index >= 15 is 0 Å². The molecule has 2 aliphatic rings. The van der Waals surface area contributed by atoms with Crippen LogP contribution in [0.3, 0.4) is 0 Å². The highest BCUT2D eigenvalue weighted by Crippen LogP contribution is 2.34. The minimum absolute atomic E-state index is 0.175. The van der Waals surface area contributed by atoms with E-state index < -0.39 is 12.0 Å². The molecule has 1 aromatic rings. The van der Waals surface area contributed by atoms with Gasteiger partial charge in [0.05, 0.1) is 0 Å². The number of rotatable bonds is 2. The van der Waals surface area contributed by atoms with Crippen LogP contribution in [0.25, 0.3) is 0 Å². The van der Waals surface area contributed by atoms with E-state index in [0.29, 0.717) is 0 Å². The van der Waals surface area contributed by atoms with Crippen LogP contribution >= 0.6 is 0 Å². The zero-order valence-electron chi connectivity index (χ0n) is 10.5. The summed E-state index contributed by atoms with van der Waals surface area (Å²) < 4.78 is 0. The van der Waals surface area contributed by atoms with Gasteiger partial charge < -0.3 is 10.0 Å². The maximum atomic E-state index is 11.4. The van der Waals surface area contributed by atoms with Crippen molar-refractivity contribution in [3.63, 3.8) is 0 Å². The number of aryl methyl sites for hydroxylation is 1. The Hall–Kier alpha value is -1.65. The summed E-state index contributed by atoms with van der Waals surface area (Å²) in [5.41, 5.74) is 2.27. The first-order valence-corrected chi connectivity index (χ1v) is 6.50. The van der Waals surface area contributed by atoms with Gasteiger partial charge in [-0.3, -0.25) is 0 Å². The smallest absolute Gasteiger partial charge is 0.326 e. The van der Waals surface area contributed by atoms with Crippen molar-refractivity contribution < 1.29 is 9.90 Å². The molecule has 5 heteroatoms. The van der Waals surface area contributed by atoms with Gasteiger partial charge in [0.25, 0.3) is 0 Å². The molecule has 5 nitrogen and oxygen atoms in total. The molecule has 3 rings (SSSR count). The molecular formula is C13H17N3O2. The van der Waals surface area contributed by atoms with Crippen molar-refractivity contribution in [2.45, 2.75) is 38.6 Å². The van der Waals surface area contributed by atoms with E-state index in [2.05, 4.69) is 9.97 Å². The fourth-order valence-electron chi connectivity index (χ4n) is 3.15. The molecule has 2 atom stereocenters. The SMILES string of the molecule is CC1CCN(c2ncnc3c2CCC3)C1C(=O)O. The Morgan fingerprint density at radius 3 is 3.06 bits per heavy atom. The lowest BCUT2D eigenvalue weighted by Gasteiger charge is -2.26. The van der Waals surface area contributed by atoms with Crippen LogP contribution in [-0.4, -0.2) is 33.6 Å². The second-order valence-corrected chi connectivity index (χ2v) is 5.22. The summed E-state index contributed by atoms with van der Waals surface area (Å²) in [6.07, 6.45) is 5.55. The van der Waals surface area contributed by atoms with Gasteiger partial charge in [-0.2, -0.15) is 0 Å². The summed E-state index contributed by atoms with van der Waals surface area (Å²) in [6, 6.07) is -0.440. The Morgan fingerprint density at radius 2 is 2.28 bits per heavy atom. The summed E-state index contributed by atoms with van der Waals surface area (Å²) in [7, 11) is 0. The molecule has 18 heavy (non-hydrogen) atoms. The predicted octanol–water partition coefficient (Wildman–Crippen LogP) is 1.26. The van der Waals surface area contributed by atoms with Crippen LogP contribution in [0.2, 0.25) is 0 Å². The molecule has 0 radical (unpaired) electrons. The maximum absolute atomic E-state index is 11.4. The topological polar surface area (TPSA) is 66.3 Å². The van der Waals surface area contributed by atoms with E-state index in [-0.39, 0.29) is 5.92 Å². The number of hydrogen-bond donors (Lipinski definition) is 1. The molecule has 2 heterocycles. The Morgan fingerprint density at radius 1 is 1.44 bits per heavy atom. The zero-order chi connectivity index (χ0) is 12.7. The number of fused-ring (bicyclic) bond motifs is 1. The van der Waals surface area contributed by atoms with Crippen LogP contribution in [0.15, 0.2) is 6.33 Å². The number of carboxylic acids is 1. The molecular weight excluding hydrogens is 230 g/mol. The minimum atomic E-state index is -0.745. The molecule has 1 N–H and O–H groups in total. The van der Waals surface area contributed by atoms with Gasteiger partial charge in [0.15, 0.2) is 0 Å². The number of anilines is 1. The number of aliphatic carboxylic acids is 1. The number of nitrogens with zero attached hydrogens (tertiary/aromatic N) is 3. The summed E-state index contributed by atoms with van der Waals surface area (Å²) in [6.45, 7) is 2.78. The Kier molecular flexibility index (Phi) is 2.69. The van der Waals surface area contributed by atoms with Gasteiger partial charge >= 0.3 is 5.97 Å². The Balaban J connectivity index is 2.00.